The summed E-state index contributed by atoms with van der Waals surface area (Å²) < 4.78 is 25.4. The summed E-state index contributed by atoms with van der Waals surface area (Å²) >= 11 is 12.3. The summed E-state index contributed by atoms with van der Waals surface area (Å²) in [6.07, 6.45) is 2.29. The van der Waals surface area contributed by atoms with Gasteiger partial charge in [0.05, 0.1) is 5.02 Å². The number of hydrogen-bond acceptors (Lipinski definition) is 3. The molecule has 0 heterocycles. The third-order valence-corrected chi connectivity index (χ3v) is 5.81. The molecule has 7 heteroatoms. The molecule has 1 aromatic carbocycles. The van der Waals surface area contributed by atoms with E-state index in [4.69, 9.17) is 23.2 Å². The quantitative estimate of drug-likeness (QED) is 0.906. The molecule has 0 radical (unpaired) electrons. The van der Waals surface area contributed by atoms with Gasteiger partial charge in [-0.25, -0.2) is 12.7 Å². The molecule has 1 aromatic rings. The van der Waals surface area contributed by atoms with Crippen LogP contribution in [-0.4, -0.2) is 32.9 Å². The fourth-order valence-corrected chi connectivity index (χ4v) is 3.45. The van der Waals surface area contributed by atoms with Gasteiger partial charge in [-0.15, -0.1) is 0 Å². The molecule has 1 aliphatic carbocycles. The van der Waals surface area contributed by atoms with Crippen molar-refractivity contribution in [1.29, 1.82) is 0 Å². The molecule has 19 heavy (non-hydrogen) atoms. The maximum Gasteiger partial charge on any atom is 0.244 e. The van der Waals surface area contributed by atoms with Crippen LogP contribution in [0, 0.1) is 0 Å². The van der Waals surface area contributed by atoms with Crippen LogP contribution in [-0.2, 0) is 16.6 Å². The molecule has 0 saturated heterocycles. The van der Waals surface area contributed by atoms with Gasteiger partial charge in [0, 0.05) is 37.3 Å². The second-order valence-electron chi connectivity index (χ2n) is 4.78. The largest absolute Gasteiger partial charge is 0.310 e. The van der Waals surface area contributed by atoms with Crippen LogP contribution in [0.4, 0.5) is 0 Å². The minimum atomic E-state index is -3.55. The Hall–Kier alpha value is -0.330. The Balaban J connectivity index is 2.38. The molecule has 0 amide bonds. The fourth-order valence-electron chi connectivity index (χ4n) is 1.67. The molecule has 0 unspecified atom stereocenters. The lowest BCUT2D eigenvalue weighted by molar-refractivity contribution is 0.520. The number of halogens is 2. The number of hydrogen-bond donors (Lipinski definition) is 1. The Morgan fingerprint density at radius 3 is 2.47 bits per heavy atom. The molecule has 0 atom stereocenters. The van der Waals surface area contributed by atoms with Gasteiger partial charge in [0.2, 0.25) is 10.0 Å². The van der Waals surface area contributed by atoms with Crippen LogP contribution < -0.4 is 5.32 Å². The molecule has 1 fully saturated rings. The molecular weight excluding hydrogens is 307 g/mol. The van der Waals surface area contributed by atoms with Crippen molar-refractivity contribution in [2.24, 2.45) is 0 Å². The molecule has 1 N–H and O–H groups in total. The lowest BCUT2D eigenvalue weighted by Gasteiger charge is -2.16. The van der Waals surface area contributed by atoms with Crippen LogP contribution in [0.25, 0.3) is 0 Å². The lowest BCUT2D eigenvalue weighted by atomic mass is 10.2. The third kappa shape index (κ3) is 3.23. The molecule has 1 aliphatic rings. The molecular formula is C12H16Cl2N2O2S. The zero-order valence-corrected chi connectivity index (χ0v) is 13.1. The van der Waals surface area contributed by atoms with Crippen molar-refractivity contribution in [3.8, 4) is 0 Å². The Kier molecular flexibility index (Phi) is 4.42. The average Bonchev–Trinajstić information content (AvgIpc) is 3.12. The molecule has 4 nitrogen and oxygen atoms in total. The van der Waals surface area contributed by atoms with E-state index in [1.807, 2.05) is 0 Å². The van der Waals surface area contributed by atoms with E-state index in [1.54, 1.807) is 6.07 Å². The number of nitrogens with one attached hydrogen (secondary N) is 1. The summed E-state index contributed by atoms with van der Waals surface area (Å²) in [6.45, 7) is 0.485. The molecule has 0 spiro atoms. The van der Waals surface area contributed by atoms with E-state index < -0.39 is 10.0 Å². The van der Waals surface area contributed by atoms with Gasteiger partial charge < -0.3 is 5.32 Å². The van der Waals surface area contributed by atoms with Crippen molar-refractivity contribution in [2.45, 2.75) is 30.3 Å². The van der Waals surface area contributed by atoms with Gasteiger partial charge in [-0.1, -0.05) is 23.2 Å². The SMILES string of the molecule is CN(C)S(=O)(=O)c1ccc(Cl)c(CNC2CC2)c1Cl. The van der Waals surface area contributed by atoms with Gasteiger partial charge in [-0.2, -0.15) is 0 Å². The highest BCUT2D eigenvalue weighted by Gasteiger charge is 2.25. The second-order valence-corrected chi connectivity index (χ2v) is 7.69. The highest BCUT2D eigenvalue weighted by atomic mass is 35.5. The lowest BCUT2D eigenvalue weighted by Crippen LogP contribution is -2.23. The minimum absolute atomic E-state index is 0.0937. The van der Waals surface area contributed by atoms with Crippen molar-refractivity contribution in [3.05, 3.63) is 27.7 Å². The summed E-state index contributed by atoms with van der Waals surface area (Å²) in [7, 11) is -0.606. The van der Waals surface area contributed by atoms with E-state index >= 15 is 0 Å². The predicted molar refractivity (Wildman–Crippen MR) is 77.2 cm³/mol. The smallest absolute Gasteiger partial charge is 0.244 e. The fraction of sp³-hybridized carbons (Fsp3) is 0.500. The van der Waals surface area contributed by atoms with Crippen molar-refractivity contribution in [1.82, 2.24) is 9.62 Å². The maximum absolute atomic E-state index is 12.1. The molecule has 0 aliphatic heterocycles. The van der Waals surface area contributed by atoms with E-state index in [0.717, 1.165) is 17.1 Å². The van der Waals surface area contributed by atoms with Crippen molar-refractivity contribution >= 4 is 33.2 Å². The number of benzene rings is 1. The van der Waals surface area contributed by atoms with Crippen molar-refractivity contribution in [3.63, 3.8) is 0 Å². The first-order valence-electron chi connectivity index (χ1n) is 5.97. The predicted octanol–water partition coefficient (Wildman–Crippen LogP) is 2.50. The second kappa shape index (κ2) is 5.58. The van der Waals surface area contributed by atoms with Crippen LogP contribution in [0.3, 0.4) is 0 Å². The molecule has 1 saturated carbocycles. The minimum Gasteiger partial charge on any atom is -0.310 e. The van der Waals surface area contributed by atoms with Gasteiger partial charge in [-0.05, 0) is 25.0 Å². The average molecular weight is 323 g/mol. The Bertz CT molecular complexity index is 584. The van der Waals surface area contributed by atoms with Gasteiger partial charge in [0.1, 0.15) is 4.90 Å². The zero-order valence-electron chi connectivity index (χ0n) is 10.8. The summed E-state index contributed by atoms with van der Waals surface area (Å²) in [6, 6.07) is 3.52. The first-order chi connectivity index (χ1) is 8.84. The molecule has 106 valence electrons. The molecule has 0 bridgehead atoms. The number of rotatable bonds is 5. The number of nitrogens with zero attached hydrogens (tertiary/aromatic N) is 1. The van der Waals surface area contributed by atoms with Crippen LogP contribution >= 0.6 is 23.2 Å². The van der Waals surface area contributed by atoms with Gasteiger partial charge >= 0.3 is 0 Å². The Labute approximate surface area is 123 Å². The van der Waals surface area contributed by atoms with Crippen molar-refractivity contribution in [2.75, 3.05) is 14.1 Å². The molecule has 2 rings (SSSR count). The van der Waals surface area contributed by atoms with Gasteiger partial charge in [0.25, 0.3) is 0 Å². The van der Waals surface area contributed by atoms with Crippen LogP contribution in [0.1, 0.15) is 18.4 Å². The normalized spacial score (nSPS) is 16.1. The first kappa shape index (κ1) is 15.1. The van der Waals surface area contributed by atoms with E-state index in [9.17, 15) is 8.42 Å². The van der Waals surface area contributed by atoms with Crippen LogP contribution in [0.2, 0.25) is 10.0 Å². The topological polar surface area (TPSA) is 49.4 Å². The Morgan fingerprint density at radius 1 is 1.32 bits per heavy atom. The Morgan fingerprint density at radius 2 is 1.95 bits per heavy atom. The van der Waals surface area contributed by atoms with Crippen LogP contribution in [0.5, 0.6) is 0 Å². The zero-order chi connectivity index (χ0) is 14.2. The van der Waals surface area contributed by atoms with E-state index in [1.165, 1.54) is 20.2 Å². The maximum atomic E-state index is 12.1. The highest BCUT2D eigenvalue weighted by molar-refractivity contribution is 7.89. The summed E-state index contributed by atoms with van der Waals surface area (Å²) in [4.78, 5) is 0.0937. The summed E-state index contributed by atoms with van der Waals surface area (Å²) in [5, 5.41) is 3.97. The number of sulfonamides is 1. The van der Waals surface area contributed by atoms with E-state index in [-0.39, 0.29) is 9.92 Å². The van der Waals surface area contributed by atoms with E-state index in [2.05, 4.69) is 5.32 Å². The van der Waals surface area contributed by atoms with Crippen LogP contribution in [0.15, 0.2) is 17.0 Å². The summed E-state index contributed by atoms with van der Waals surface area (Å²) in [5.41, 5.74) is 0.637. The van der Waals surface area contributed by atoms with Gasteiger partial charge in [0.15, 0.2) is 0 Å². The summed E-state index contributed by atoms with van der Waals surface area (Å²) in [5.74, 6) is 0. The highest BCUT2D eigenvalue weighted by Crippen LogP contribution is 2.32. The van der Waals surface area contributed by atoms with Gasteiger partial charge in [-0.3, -0.25) is 0 Å². The molecule has 0 aromatic heterocycles. The third-order valence-electron chi connectivity index (χ3n) is 3.05. The standard InChI is InChI=1S/C12H16Cl2N2O2S/c1-16(2)19(17,18)11-6-5-10(13)9(12(11)14)7-15-8-3-4-8/h5-6,8,15H,3-4,7H2,1-2H3. The van der Waals surface area contributed by atoms with Crippen molar-refractivity contribution < 1.29 is 8.42 Å². The van der Waals surface area contributed by atoms with E-state index in [0.29, 0.717) is 23.2 Å². The monoisotopic (exact) mass is 322 g/mol. The first-order valence-corrected chi connectivity index (χ1v) is 8.16.